The minimum Gasteiger partial charge on any atom is -0.469 e. The van der Waals surface area contributed by atoms with Gasteiger partial charge >= 0.3 is 5.97 Å². The van der Waals surface area contributed by atoms with E-state index in [1.165, 1.54) is 7.11 Å². The lowest BCUT2D eigenvalue weighted by atomic mass is 10.1. The maximum absolute atomic E-state index is 11.9. The van der Waals surface area contributed by atoms with Gasteiger partial charge in [0.05, 0.1) is 19.3 Å². The highest BCUT2D eigenvalue weighted by molar-refractivity contribution is 7.92. The number of hydrogen-bond donors (Lipinski definition) is 0. The summed E-state index contributed by atoms with van der Waals surface area (Å²) in [4.78, 5) is 22.8. The first-order chi connectivity index (χ1) is 9.38. The van der Waals surface area contributed by atoms with Crippen molar-refractivity contribution in [3.63, 3.8) is 0 Å². The molecule has 6 heteroatoms. The number of sulfone groups is 1. The molecule has 1 rings (SSSR count). The number of esters is 1. The van der Waals surface area contributed by atoms with Gasteiger partial charge in [0, 0.05) is 5.56 Å². The van der Waals surface area contributed by atoms with Crippen molar-refractivity contribution in [3.8, 4) is 0 Å². The normalized spacial score (nSPS) is 11.1. The fourth-order valence-electron chi connectivity index (χ4n) is 1.62. The van der Waals surface area contributed by atoms with E-state index < -0.39 is 27.3 Å². The third kappa shape index (κ3) is 5.13. The summed E-state index contributed by atoms with van der Waals surface area (Å²) in [7, 11) is -2.41. The Hall–Kier alpha value is -1.69. The second-order valence-electron chi connectivity index (χ2n) is 4.39. The van der Waals surface area contributed by atoms with Crippen molar-refractivity contribution in [3.05, 3.63) is 35.4 Å². The molecule has 0 saturated heterocycles. The van der Waals surface area contributed by atoms with Crippen LogP contribution in [0.5, 0.6) is 0 Å². The molecule has 0 spiro atoms. The quantitative estimate of drug-likeness (QED) is 0.562. The molecule has 0 N–H and O–H groups in total. The van der Waals surface area contributed by atoms with Crippen molar-refractivity contribution in [2.45, 2.75) is 19.8 Å². The third-order valence-corrected chi connectivity index (χ3v) is 4.41. The summed E-state index contributed by atoms with van der Waals surface area (Å²) in [6.07, 6.45) is 0.618. The molecule has 5 nitrogen and oxygen atoms in total. The average molecular weight is 298 g/mol. The van der Waals surface area contributed by atoms with Crippen LogP contribution >= 0.6 is 0 Å². The van der Waals surface area contributed by atoms with E-state index in [2.05, 4.69) is 4.74 Å². The molecule has 1 aromatic carbocycles. The molecule has 0 aliphatic rings. The van der Waals surface area contributed by atoms with E-state index in [1.807, 2.05) is 6.92 Å². The number of ether oxygens (including phenoxy) is 1. The largest absolute Gasteiger partial charge is 0.469 e. The second-order valence-corrected chi connectivity index (χ2v) is 6.58. The summed E-state index contributed by atoms with van der Waals surface area (Å²) in [5.74, 6) is -2.03. The van der Waals surface area contributed by atoms with E-state index in [-0.39, 0.29) is 12.2 Å². The molecule has 0 amide bonds. The summed E-state index contributed by atoms with van der Waals surface area (Å²) in [5.41, 5.74) is 1.44. The van der Waals surface area contributed by atoms with Gasteiger partial charge in [0.15, 0.2) is 15.6 Å². The number of carbonyl (C=O) groups excluding carboxylic acids is 2. The number of aryl methyl sites for hydroxylation is 1. The standard InChI is InChI=1S/C14H18O5S/c1-3-11-4-6-12(7-5-11)13(15)10-20(17,18)9-8-14(16)19-2/h4-7H,3,8-10H2,1-2H3. The second kappa shape index (κ2) is 7.19. The molecule has 0 aromatic heterocycles. The lowest BCUT2D eigenvalue weighted by molar-refractivity contribution is -0.140. The maximum atomic E-state index is 11.9. The van der Waals surface area contributed by atoms with E-state index in [4.69, 9.17) is 0 Å². The Morgan fingerprint density at radius 3 is 2.25 bits per heavy atom. The molecule has 0 aliphatic heterocycles. The van der Waals surface area contributed by atoms with Crippen LogP contribution in [-0.4, -0.2) is 38.8 Å². The predicted molar refractivity (Wildman–Crippen MR) is 75.4 cm³/mol. The van der Waals surface area contributed by atoms with Crippen LogP contribution in [0.4, 0.5) is 0 Å². The van der Waals surface area contributed by atoms with Gasteiger partial charge in [0.1, 0.15) is 5.75 Å². The first-order valence-corrected chi connectivity index (χ1v) is 8.09. The number of methoxy groups -OCH3 is 1. The third-order valence-electron chi connectivity index (χ3n) is 2.88. The van der Waals surface area contributed by atoms with Crippen LogP contribution in [0.2, 0.25) is 0 Å². The molecule has 0 heterocycles. The Bertz CT molecular complexity index is 572. The van der Waals surface area contributed by atoms with E-state index in [0.717, 1.165) is 12.0 Å². The van der Waals surface area contributed by atoms with Crippen LogP contribution in [-0.2, 0) is 25.8 Å². The van der Waals surface area contributed by atoms with Crippen LogP contribution in [0.25, 0.3) is 0 Å². The Morgan fingerprint density at radius 2 is 1.75 bits per heavy atom. The molecule has 1 aromatic rings. The minimum absolute atomic E-state index is 0.235. The van der Waals surface area contributed by atoms with Crippen LogP contribution in [0, 0.1) is 0 Å². The van der Waals surface area contributed by atoms with Crippen molar-refractivity contribution in [2.75, 3.05) is 18.6 Å². The molecule has 0 aliphatic carbocycles. The highest BCUT2D eigenvalue weighted by Gasteiger charge is 2.19. The summed E-state index contributed by atoms with van der Waals surface area (Å²) in [6, 6.07) is 6.84. The van der Waals surface area contributed by atoms with Crippen LogP contribution < -0.4 is 0 Å². The molecule has 0 fully saturated rings. The predicted octanol–water partition coefficient (Wildman–Crippen LogP) is 1.41. The van der Waals surface area contributed by atoms with Gasteiger partial charge < -0.3 is 4.74 Å². The van der Waals surface area contributed by atoms with Gasteiger partial charge in [-0.25, -0.2) is 8.42 Å². The number of rotatable bonds is 7. The molecule has 0 atom stereocenters. The fraction of sp³-hybridized carbons (Fsp3) is 0.429. The van der Waals surface area contributed by atoms with Gasteiger partial charge in [-0.2, -0.15) is 0 Å². The van der Waals surface area contributed by atoms with Crippen LogP contribution in [0.1, 0.15) is 29.3 Å². The maximum Gasteiger partial charge on any atom is 0.306 e. The lowest BCUT2D eigenvalue weighted by Gasteiger charge is -2.04. The zero-order valence-electron chi connectivity index (χ0n) is 11.6. The molecule has 0 radical (unpaired) electrons. The molecular formula is C14H18O5S. The lowest BCUT2D eigenvalue weighted by Crippen LogP contribution is -2.21. The van der Waals surface area contributed by atoms with Crippen molar-refractivity contribution in [1.29, 1.82) is 0 Å². The van der Waals surface area contributed by atoms with Crippen LogP contribution in [0.3, 0.4) is 0 Å². The van der Waals surface area contributed by atoms with Gasteiger partial charge in [0.2, 0.25) is 0 Å². The number of carbonyl (C=O) groups is 2. The molecule has 20 heavy (non-hydrogen) atoms. The Labute approximate surface area is 118 Å². The van der Waals surface area contributed by atoms with E-state index in [1.54, 1.807) is 24.3 Å². The molecular weight excluding hydrogens is 280 g/mol. The first-order valence-electron chi connectivity index (χ1n) is 6.27. The molecule has 0 bridgehead atoms. The monoisotopic (exact) mass is 298 g/mol. The van der Waals surface area contributed by atoms with E-state index in [0.29, 0.717) is 5.56 Å². The van der Waals surface area contributed by atoms with Gasteiger partial charge in [-0.1, -0.05) is 31.2 Å². The van der Waals surface area contributed by atoms with Crippen molar-refractivity contribution < 1.29 is 22.7 Å². The zero-order chi connectivity index (χ0) is 15.2. The number of Topliss-reactive ketones (excluding diaryl/α,β-unsaturated/α-hetero) is 1. The number of ketones is 1. The molecule has 110 valence electrons. The van der Waals surface area contributed by atoms with Gasteiger partial charge in [-0.3, -0.25) is 9.59 Å². The summed E-state index contributed by atoms with van der Waals surface area (Å²) >= 11 is 0. The van der Waals surface area contributed by atoms with Gasteiger partial charge in [-0.15, -0.1) is 0 Å². The zero-order valence-corrected chi connectivity index (χ0v) is 12.4. The Morgan fingerprint density at radius 1 is 1.15 bits per heavy atom. The first kappa shape index (κ1) is 16.4. The van der Waals surface area contributed by atoms with Gasteiger partial charge in [0.25, 0.3) is 0 Å². The average Bonchev–Trinajstić information content (AvgIpc) is 2.44. The summed E-state index contributed by atoms with van der Waals surface area (Å²) < 4.78 is 27.8. The number of benzene rings is 1. The Kier molecular flexibility index (Phi) is 5.88. The minimum atomic E-state index is -3.60. The highest BCUT2D eigenvalue weighted by atomic mass is 32.2. The number of hydrogen-bond acceptors (Lipinski definition) is 5. The van der Waals surface area contributed by atoms with Crippen molar-refractivity contribution in [1.82, 2.24) is 0 Å². The van der Waals surface area contributed by atoms with Crippen LogP contribution in [0.15, 0.2) is 24.3 Å². The van der Waals surface area contributed by atoms with Crippen molar-refractivity contribution in [2.24, 2.45) is 0 Å². The summed E-state index contributed by atoms with van der Waals surface area (Å²) in [5, 5.41) is 0. The van der Waals surface area contributed by atoms with Gasteiger partial charge in [-0.05, 0) is 12.0 Å². The smallest absolute Gasteiger partial charge is 0.306 e. The van der Waals surface area contributed by atoms with E-state index in [9.17, 15) is 18.0 Å². The Balaban J connectivity index is 2.66. The molecule has 0 saturated carbocycles. The SMILES string of the molecule is CCc1ccc(C(=O)CS(=O)(=O)CCC(=O)OC)cc1. The van der Waals surface area contributed by atoms with Crippen molar-refractivity contribution >= 4 is 21.6 Å². The summed E-state index contributed by atoms with van der Waals surface area (Å²) in [6.45, 7) is 1.99. The van der Waals surface area contributed by atoms with E-state index >= 15 is 0 Å². The fourth-order valence-corrected chi connectivity index (χ4v) is 2.81. The molecule has 0 unspecified atom stereocenters. The topological polar surface area (TPSA) is 77.5 Å². The highest BCUT2D eigenvalue weighted by Crippen LogP contribution is 2.08.